The second kappa shape index (κ2) is 12.5. The van der Waals surface area contributed by atoms with Crippen LogP contribution in [0.5, 0.6) is 0 Å². The minimum absolute atomic E-state index is 0. The van der Waals surface area contributed by atoms with E-state index in [0.29, 0.717) is 27.5 Å². The predicted molar refractivity (Wildman–Crippen MR) is 132 cm³/mol. The number of amides is 1. The summed E-state index contributed by atoms with van der Waals surface area (Å²) in [5, 5.41) is 14.0. The van der Waals surface area contributed by atoms with Crippen molar-refractivity contribution in [3.8, 4) is 21.6 Å². The van der Waals surface area contributed by atoms with Gasteiger partial charge in [-0.15, -0.1) is 0 Å². The molecule has 0 saturated carbocycles. The molecule has 3 aromatic carbocycles. The van der Waals surface area contributed by atoms with Crippen LogP contribution >= 0.6 is 23.1 Å². The number of hydrogen-bond acceptors (Lipinski definition) is 6. The Hall–Kier alpha value is -2.75. The quantitative estimate of drug-likeness (QED) is 0.370. The first-order valence-electron chi connectivity index (χ1n) is 10.5. The zero-order valence-corrected chi connectivity index (χ0v) is 23.1. The Morgan fingerprint density at radius 1 is 1.03 bits per heavy atom. The molecular formula is C26H19ClFN2NaO4S. The van der Waals surface area contributed by atoms with Crippen molar-refractivity contribution >= 4 is 40.9 Å². The summed E-state index contributed by atoms with van der Waals surface area (Å²) in [7, 11) is 0. The summed E-state index contributed by atoms with van der Waals surface area (Å²) in [5.74, 6) is -1.94. The Labute approximate surface area is 238 Å². The third kappa shape index (κ3) is 6.72. The molecule has 1 heterocycles. The van der Waals surface area contributed by atoms with Crippen LogP contribution in [0.2, 0.25) is 5.02 Å². The molecule has 1 amide bonds. The van der Waals surface area contributed by atoms with Gasteiger partial charge in [0.2, 0.25) is 0 Å². The van der Waals surface area contributed by atoms with Crippen LogP contribution in [0.4, 0.5) is 14.9 Å². The van der Waals surface area contributed by atoms with Crippen LogP contribution < -0.4 is 40.0 Å². The third-order valence-corrected chi connectivity index (χ3v) is 6.63. The number of halogens is 2. The van der Waals surface area contributed by atoms with E-state index in [9.17, 15) is 19.1 Å². The molecule has 0 atom stereocenters. The molecule has 0 bridgehead atoms. The molecule has 0 aliphatic rings. The van der Waals surface area contributed by atoms with Gasteiger partial charge in [0.1, 0.15) is 12.4 Å². The first-order valence-corrected chi connectivity index (χ1v) is 11.7. The van der Waals surface area contributed by atoms with Gasteiger partial charge >= 0.3 is 35.7 Å². The van der Waals surface area contributed by atoms with Gasteiger partial charge in [0.25, 0.3) is 0 Å². The Morgan fingerprint density at radius 3 is 2.36 bits per heavy atom. The summed E-state index contributed by atoms with van der Waals surface area (Å²) < 4.78 is 23.9. The molecule has 0 radical (unpaired) electrons. The number of aryl methyl sites for hydroxylation is 1. The molecule has 36 heavy (non-hydrogen) atoms. The van der Waals surface area contributed by atoms with Crippen LogP contribution in [0.25, 0.3) is 21.6 Å². The first-order chi connectivity index (χ1) is 16.8. The Balaban J connectivity index is 0.00000361. The van der Waals surface area contributed by atoms with Crippen molar-refractivity contribution in [3.05, 3.63) is 94.4 Å². The van der Waals surface area contributed by atoms with Crippen LogP contribution in [0.15, 0.2) is 66.7 Å². The maximum absolute atomic E-state index is 14.3. The summed E-state index contributed by atoms with van der Waals surface area (Å²) in [5.41, 5.74) is 4.14. The molecule has 0 saturated heterocycles. The number of carboxylic acids is 1. The Kier molecular flexibility index (Phi) is 9.64. The van der Waals surface area contributed by atoms with E-state index in [1.54, 1.807) is 31.2 Å². The van der Waals surface area contributed by atoms with Gasteiger partial charge in [-0.3, -0.25) is 5.32 Å². The van der Waals surface area contributed by atoms with Crippen molar-refractivity contribution in [2.75, 3.05) is 5.32 Å². The number of carbonyl (C=O) groups is 2. The molecular weight excluding hydrogens is 514 g/mol. The molecule has 178 valence electrons. The number of nitrogens with one attached hydrogen (secondary N) is 1. The number of carbonyl (C=O) groups excluding carboxylic acids is 2. The molecule has 6 nitrogen and oxygen atoms in total. The Bertz CT molecular complexity index is 1400. The van der Waals surface area contributed by atoms with E-state index in [1.807, 2.05) is 30.3 Å². The van der Waals surface area contributed by atoms with Gasteiger partial charge in [-0.05, 0) is 52.8 Å². The standard InChI is InChI=1S/C26H20ClFN2O4S.Na/c1-15-24(29-26(33)34-14-20-4-2-3-5-21(20)27)25(35-30-15)17-8-6-16(7-9-17)18-10-11-19(13-23(31)32)22(28)12-18;/h2-12H,13-14H2,1H3,(H,29,33)(H,31,32);/q;+1/p-1. The van der Waals surface area contributed by atoms with Crippen LogP contribution in [0.3, 0.4) is 0 Å². The number of aromatic nitrogens is 1. The minimum Gasteiger partial charge on any atom is -0.550 e. The minimum atomic E-state index is -1.34. The maximum atomic E-state index is 14.3. The van der Waals surface area contributed by atoms with E-state index < -0.39 is 24.3 Å². The second-order valence-corrected chi connectivity index (χ2v) is 8.88. The molecule has 1 aromatic heterocycles. The molecule has 0 aliphatic heterocycles. The molecule has 0 unspecified atom stereocenters. The van der Waals surface area contributed by atoms with Crippen LogP contribution in [0, 0.1) is 12.7 Å². The molecule has 4 rings (SSSR count). The summed E-state index contributed by atoms with van der Waals surface area (Å²) in [6.45, 7) is 1.82. The van der Waals surface area contributed by atoms with Gasteiger partial charge < -0.3 is 14.6 Å². The van der Waals surface area contributed by atoms with Crippen molar-refractivity contribution in [2.24, 2.45) is 0 Å². The van der Waals surface area contributed by atoms with E-state index >= 15 is 0 Å². The number of nitrogens with zero attached hydrogens (tertiary/aromatic N) is 1. The largest absolute Gasteiger partial charge is 1.00 e. The maximum Gasteiger partial charge on any atom is 1.00 e. The van der Waals surface area contributed by atoms with Crippen LogP contribution in [-0.4, -0.2) is 16.4 Å². The van der Waals surface area contributed by atoms with E-state index in [-0.39, 0.29) is 41.7 Å². The third-order valence-electron chi connectivity index (χ3n) is 5.27. The zero-order chi connectivity index (χ0) is 24.9. The van der Waals surface area contributed by atoms with E-state index in [1.165, 1.54) is 23.7 Å². The van der Waals surface area contributed by atoms with Gasteiger partial charge in [-0.25, -0.2) is 9.18 Å². The smallest absolute Gasteiger partial charge is 0.550 e. The van der Waals surface area contributed by atoms with Gasteiger partial charge in [0, 0.05) is 23.0 Å². The number of anilines is 1. The summed E-state index contributed by atoms with van der Waals surface area (Å²) in [6, 6.07) is 18.8. The van der Waals surface area contributed by atoms with Crippen molar-refractivity contribution in [1.82, 2.24) is 4.37 Å². The summed E-state index contributed by atoms with van der Waals surface area (Å²) in [4.78, 5) is 23.9. The molecule has 0 spiro atoms. The van der Waals surface area contributed by atoms with Crippen LogP contribution in [-0.2, 0) is 22.6 Å². The number of aliphatic carboxylic acids is 1. The summed E-state index contributed by atoms with van der Waals surface area (Å²) >= 11 is 7.34. The average molecular weight is 533 g/mol. The van der Waals surface area contributed by atoms with Crippen LogP contribution in [0.1, 0.15) is 16.8 Å². The van der Waals surface area contributed by atoms with Gasteiger partial charge in [-0.1, -0.05) is 66.2 Å². The van der Waals surface area contributed by atoms with E-state index in [2.05, 4.69) is 9.69 Å². The molecule has 0 aliphatic carbocycles. The summed E-state index contributed by atoms with van der Waals surface area (Å²) in [6.07, 6.45) is -1.11. The fourth-order valence-corrected chi connectivity index (χ4v) is 4.49. The number of ether oxygens (including phenoxy) is 1. The number of hydrogen-bond donors (Lipinski definition) is 1. The SMILES string of the molecule is Cc1nsc(-c2ccc(-c3ccc(CC(=O)[O-])c(F)c3)cc2)c1NC(=O)OCc1ccccc1Cl.[Na+]. The van der Waals surface area contributed by atoms with Gasteiger partial charge in [-0.2, -0.15) is 4.37 Å². The normalized spacial score (nSPS) is 10.4. The van der Waals surface area contributed by atoms with Gasteiger partial charge in [0.15, 0.2) is 0 Å². The average Bonchev–Trinajstić information content (AvgIpc) is 3.19. The first kappa shape index (κ1) is 27.8. The van der Waals surface area contributed by atoms with Gasteiger partial charge in [0.05, 0.1) is 16.3 Å². The number of rotatable bonds is 7. The second-order valence-electron chi connectivity index (χ2n) is 7.70. The molecule has 10 heteroatoms. The fraction of sp³-hybridized carbons (Fsp3) is 0.115. The van der Waals surface area contributed by atoms with Crippen molar-refractivity contribution in [2.45, 2.75) is 20.0 Å². The van der Waals surface area contributed by atoms with E-state index in [4.69, 9.17) is 16.3 Å². The molecule has 1 N–H and O–H groups in total. The molecule has 4 aromatic rings. The van der Waals surface area contributed by atoms with Crippen molar-refractivity contribution in [1.29, 1.82) is 0 Å². The molecule has 0 fully saturated rings. The van der Waals surface area contributed by atoms with Crippen molar-refractivity contribution in [3.63, 3.8) is 0 Å². The van der Waals surface area contributed by atoms with Crippen molar-refractivity contribution < 1.29 is 53.4 Å². The fourth-order valence-electron chi connectivity index (χ4n) is 3.45. The monoisotopic (exact) mass is 532 g/mol. The van der Waals surface area contributed by atoms with E-state index in [0.717, 1.165) is 16.0 Å². The number of carboxylic acid groups (broad SMARTS) is 1. The topological polar surface area (TPSA) is 91.4 Å². The predicted octanol–water partition coefficient (Wildman–Crippen LogP) is 2.62. The zero-order valence-electron chi connectivity index (χ0n) is 19.5. The number of benzene rings is 3. The Morgan fingerprint density at radius 2 is 1.69 bits per heavy atom.